The van der Waals surface area contributed by atoms with Crippen molar-refractivity contribution >= 4 is 12.1 Å². The molecular weight excluding hydrogens is 350 g/mol. The predicted octanol–water partition coefficient (Wildman–Crippen LogP) is 2.57. The van der Waals surface area contributed by atoms with Gasteiger partial charge in [0.05, 0.1) is 19.6 Å². The van der Waals surface area contributed by atoms with Gasteiger partial charge >= 0.3 is 12.1 Å². The molecule has 1 aliphatic rings. The highest BCUT2D eigenvalue weighted by Gasteiger charge is 2.38. The van der Waals surface area contributed by atoms with E-state index < -0.39 is 17.6 Å². The second-order valence-electron chi connectivity index (χ2n) is 7.59. The number of methoxy groups -OCH3 is 1. The van der Waals surface area contributed by atoms with Crippen LogP contribution in [0, 0.1) is 5.92 Å². The number of amides is 1. The number of piperidine rings is 1. The largest absolute Gasteiger partial charge is 0.491 e. The van der Waals surface area contributed by atoms with Gasteiger partial charge in [-0.1, -0.05) is 12.1 Å². The highest BCUT2D eigenvalue weighted by atomic mass is 16.6. The number of ether oxygens (including phenoxy) is 3. The van der Waals surface area contributed by atoms with Crippen LogP contribution >= 0.6 is 0 Å². The SMILES string of the molecule is COC(=O)[C@H]1CN(C(=O)OC(C)(C)C)CC[C@H]1c1ccc(OCCO)cc1. The molecule has 1 saturated heterocycles. The number of nitrogens with zero attached hydrogens (tertiary/aromatic N) is 1. The Kier molecular flexibility index (Phi) is 7.07. The maximum absolute atomic E-state index is 12.4. The Hall–Kier alpha value is -2.28. The topological polar surface area (TPSA) is 85.3 Å². The van der Waals surface area contributed by atoms with E-state index in [1.165, 1.54) is 7.11 Å². The zero-order valence-corrected chi connectivity index (χ0v) is 16.4. The number of aliphatic hydroxyl groups excluding tert-OH is 1. The maximum Gasteiger partial charge on any atom is 0.410 e. The zero-order valence-electron chi connectivity index (χ0n) is 16.4. The molecule has 1 aliphatic heterocycles. The van der Waals surface area contributed by atoms with Crippen molar-refractivity contribution in [2.45, 2.75) is 38.7 Å². The molecule has 0 aliphatic carbocycles. The predicted molar refractivity (Wildman–Crippen MR) is 99.7 cm³/mol. The molecule has 1 heterocycles. The van der Waals surface area contributed by atoms with Gasteiger partial charge in [0, 0.05) is 19.0 Å². The molecule has 0 saturated carbocycles. The Morgan fingerprint density at radius 3 is 2.44 bits per heavy atom. The zero-order chi connectivity index (χ0) is 20.0. The van der Waals surface area contributed by atoms with E-state index in [1.54, 1.807) is 4.90 Å². The fourth-order valence-corrected chi connectivity index (χ4v) is 3.21. The lowest BCUT2D eigenvalue weighted by Gasteiger charge is -2.38. The minimum atomic E-state index is -0.584. The van der Waals surface area contributed by atoms with Crippen LogP contribution in [0.4, 0.5) is 4.79 Å². The molecule has 0 spiro atoms. The van der Waals surface area contributed by atoms with Crippen molar-refractivity contribution in [3.05, 3.63) is 29.8 Å². The summed E-state index contributed by atoms with van der Waals surface area (Å²) in [5.74, 6) is -0.189. The summed E-state index contributed by atoms with van der Waals surface area (Å²) in [5.41, 5.74) is 0.407. The van der Waals surface area contributed by atoms with Crippen molar-refractivity contribution in [3.63, 3.8) is 0 Å². The van der Waals surface area contributed by atoms with E-state index in [4.69, 9.17) is 19.3 Å². The second-order valence-corrected chi connectivity index (χ2v) is 7.59. The summed E-state index contributed by atoms with van der Waals surface area (Å²) in [7, 11) is 1.36. The van der Waals surface area contributed by atoms with Crippen LogP contribution in [-0.2, 0) is 14.3 Å². The molecular formula is C20H29NO6. The van der Waals surface area contributed by atoms with Crippen LogP contribution in [0.2, 0.25) is 0 Å². The highest BCUT2D eigenvalue weighted by molar-refractivity contribution is 5.76. The smallest absolute Gasteiger partial charge is 0.410 e. The van der Waals surface area contributed by atoms with Crippen molar-refractivity contribution in [1.29, 1.82) is 0 Å². The highest BCUT2D eigenvalue weighted by Crippen LogP contribution is 2.35. The number of esters is 1. The molecule has 1 aromatic rings. The first-order valence-corrected chi connectivity index (χ1v) is 9.14. The normalized spacial score (nSPS) is 20.1. The van der Waals surface area contributed by atoms with E-state index >= 15 is 0 Å². The summed E-state index contributed by atoms with van der Waals surface area (Å²) >= 11 is 0. The average Bonchev–Trinajstić information content (AvgIpc) is 2.64. The van der Waals surface area contributed by atoms with Gasteiger partial charge in [-0.15, -0.1) is 0 Å². The van der Waals surface area contributed by atoms with Crippen LogP contribution in [-0.4, -0.2) is 61.1 Å². The summed E-state index contributed by atoms with van der Waals surface area (Å²) < 4.78 is 15.8. The molecule has 1 aromatic carbocycles. The molecule has 0 unspecified atom stereocenters. The number of carbonyl (C=O) groups is 2. The van der Waals surface area contributed by atoms with Crippen LogP contribution in [0.15, 0.2) is 24.3 Å². The maximum atomic E-state index is 12.4. The van der Waals surface area contributed by atoms with Crippen molar-refractivity contribution in [2.24, 2.45) is 5.92 Å². The van der Waals surface area contributed by atoms with Crippen molar-refractivity contribution in [1.82, 2.24) is 4.90 Å². The van der Waals surface area contributed by atoms with Gasteiger partial charge in [0.25, 0.3) is 0 Å². The summed E-state index contributed by atoms with van der Waals surface area (Å²) in [4.78, 5) is 26.3. The molecule has 2 atom stereocenters. The number of benzene rings is 1. The lowest BCUT2D eigenvalue weighted by atomic mass is 9.80. The number of rotatable bonds is 5. The van der Waals surface area contributed by atoms with Gasteiger partial charge in [0.2, 0.25) is 0 Å². The lowest BCUT2D eigenvalue weighted by Crippen LogP contribution is -2.47. The quantitative estimate of drug-likeness (QED) is 0.792. The number of aliphatic hydroxyl groups is 1. The van der Waals surface area contributed by atoms with Crippen LogP contribution < -0.4 is 4.74 Å². The molecule has 1 fully saturated rings. The Balaban J connectivity index is 2.13. The van der Waals surface area contributed by atoms with Crippen LogP contribution in [0.25, 0.3) is 0 Å². The fraction of sp³-hybridized carbons (Fsp3) is 0.600. The third-order valence-electron chi connectivity index (χ3n) is 4.44. The molecule has 0 aromatic heterocycles. The first-order valence-electron chi connectivity index (χ1n) is 9.14. The van der Waals surface area contributed by atoms with Crippen LogP contribution in [0.1, 0.15) is 38.7 Å². The van der Waals surface area contributed by atoms with Crippen LogP contribution in [0.3, 0.4) is 0 Å². The van der Waals surface area contributed by atoms with E-state index in [0.717, 1.165) is 5.56 Å². The molecule has 7 nitrogen and oxygen atoms in total. The van der Waals surface area contributed by atoms with E-state index in [9.17, 15) is 9.59 Å². The van der Waals surface area contributed by atoms with Crippen molar-refractivity contribution in [2.75, 3.05) is 33.4 Å². The van der Waals surface area contributed by atoms with Gasteiger partial charge in [-0.3, -0.25) is 4.79 Å². The summed E-state index contributed by atoms with van der Waals surface area (Å²) in [6, 6.07) is 7.46. The molecule has 7 heteroatoms. The fourth-order valence-electron chi connectivity index (χ4n) is 3.21. The first kappa shape index (κ1) is 21.0. The Morgan fingerprint density at radius 1 is 1.22 bits per heavy atom. The monoisotopic (exact) mass is 379 g/mol. The Labute approximate surface area is 160 Å². The lowest BCUT2D eigenvalue weighted by molar-refractivity contribution is -0.148. The van der Waals surface area contributed by atoms with Gasteiger partial charge in [0.1, 0.15) is 18.0 Å². The first-order chi connectivity index (χ1) is 12.7. The molecule has 1 amide bonds. The van der Waals surface area contributed by atoms with Crippen molar-refractivity contribution < 1.29 is 28.9 Å². The Bertz CT molecular complexity index is 637. The average molecular weight is 379 g/mol. The van der Waals surface area contributed by atoms with Gasteiger partial charge in [-0.2, -0.15) is 0 Å². The van der Waals surface area contributed by atoms with E-state index in [1.807, 2.05) is 45.0 Å². The minimum Gasteiger partial charge on any atom is -0.491 e. The number of hydrogen-bond acceptors (Lipinski definition) is 6. The number of likely N-dealkylation sites (tertiary alicyclic amines) is 1. The summed E-state index contributed by atoms with van der Waals surface area (Å²) in [6.07, 6.45) is 0.221. The van der Waals surface area contributed by atoms with E-state index in [-0.39, 0.29) is 31.6 Å². The van der Waals surface area contributed by atoms with E-state index in [0.29, 0.717) is 18.7 Å². The molecule has 27 heavy (non-hydrogen) atoms. The molecule has 150 valence electrons. The van der Waals surface area contributed by atoms with Gasteiger partial charge in [-0.25, -0.2) is 4.79 Å². The minimum absolute atomic E-state index is 0.0463. The van der Waals surface area contributed by atoms with Crippen molar-refractivity contribution in [3.8, 4) is 5.75 Å². The third kappa shape index (κ3) is 5.85. The van der Waals surface area contributed by atoms with Crippen LogP contribution in [0.5, 0.6) is 5.75 Å². The third-order valence-corrected chi connectivity index (χ3v) is 4.44. The summed E-state index contributed by atoms with van der Waals surface area (Å²) in [6.45, 7) is 6.40. The van der Waals surface area contributed by atoms with E-state index in [2.05, 4.69) is 0 Å². The molecule has 0 radical (unpaired) electrons. The molecule has 1 N–H and O–H groups in total. The summed E-state index contributed by atoms with van der Waals surface area (Å²) in [5, 5.41) is 8.83. The second kappa shape index (κ2) is 9.08. The Morgan fingerprint density at radius 2 is 1.89 bits per heavy atom. The standard InChI is InChI=1S/C20H29NO6/c1-20(2,3)27-19(24)21-10-9-16(17(13-21)18(23)25-4)14-5-7-15(8-6-14)26-12-11-22/h5-8,16-17,22H,9-13H2,1-4H3/t16-,17-/m0/s1. The van der Waals surface area contributed by atoms with Gasteiger partial charge in [0.15, 0.2) is 0 Å². The van der Waals surface area contributed by atoms with Gasteiger partial charge < -0.3 is 24.2 Å². The molecule has 2 rings (SSSR count). The van der Waals surface area contributed by atoms with Gasteiger partial charge in [-0.05, 0) is 44.9 Å². The number of carbonyl (C=O) groups excluding carboxylic acids is 2. The number of hydrogen-bond donors (Lipinski definition) is 1. The molecule has 0 bridgehead atoms.